The van der Waals surface area contributed by atoms with Crippen LogP contribution in [0.25, 0.3) is 0 Å². The van der Waals surface area contributed by atoms with Crippen molar-refractivity contribution >= 4 is 47.3 Å². The third-order valence-electron chi connectivity index (χ3n) is 6.82. The zero-order valence-corrected chi connectivity index (χ0v) is 26.8. The number of nitrogens with zero attached hydrogens (tertiary/aromatic N) is 1. The lowest BCUT2D eigenvalue weighted by atomic mass is 10.0. The highest BCUT2D eigenvalue weighted by molar-refractivity contribution is 6.40. The molecule has 1 aromatic carbocycles. The van der Waals surface area contributed by atoms with Crippen LogP contribution in [0.5, 0.6) is 0 Å². The quantitative estimate of drug-likeness (QED) is 0.0866. The van der Waals surface area contributed by atoms with Gasteiger partial charge in [0.05, 0.1) is 18.4 Å². The molecule has 1 heterocycles. The number of amides is 4. The van der Waals surface area contributed by atoms with Crippen LogP contribution >= 0.6 is 0 Å². The largest absolute Gasteiger partial charge is 0.481 e. The van der Waals surface area contributed by atoms with Crippen LogP contribution in [-0.4, -0.2) is 98.3 Å². The number of halogens is 1. The summed E-state index contributed by atoms with van der Waals surface area (Å²) in [6, 6.07) is 2.36. The molecule has 4 atom stereocenters. The number of rotatable bonds is 21. The van der Waals surface area contributed by atoms with Gasteiger partial charge < -0.3 is 41.2 Å². The van der Waals surface area contributed by atoms with Crippen molar-refractivity contribution in [3.05, 3.63) is 54.1 Å². The average Bonchev–Trinajstić information content (AvgIpc) is 3.57. The molecule has 1 aromatic heterocycles. The summed E-state index contributed by atoms with van der Waals surface area (Å²) in [7, 11) is 0. The smallest absolute Gasteiger partial charge is 0.408 e. The lowest BCUT2D eigenvalue weighted by Gasteiger charge is -2.26. The summed E-state index contributed by atoms with van der Waals surface area (Å²) in [5.41, 5.74) is 0.900. The molecule has 0 radical (unpaired) electrons. The molecule has 0 aliphatic carbocycles. The number of hydrogen-bond donors (Lipinski definition) is 7. The maximum absolute atomic E-state index is 13.5. The summed E-state index contributed by atoms with van der Waals surface area (Å²) in [4.78, 5) is 106. The van der Waals surface area contributed by atoms with E-state index in [1.54, 1.807) is 44.2 Å². The number of H-pyrrole nitrogens is 1. The molecule has 4 amide bonds. The zero-order chi connectivity index (χ0) is 36.5. The number of hydrogen-bond acceptors (Lipinski definition) is 10. The molecular formula is C31H39FN6O11. The Bertz CT molecular complexity index is 1470. The number of imidazole rings is 1. The Morgan fingerprint density at radius 3 is 2.02 bits per heavy atom. The molecule has 18 heteroatoms. The van der Waals surface area contributed by atoms with E-state index in [0.29, 0.717) is 5.56 Å². The van der Waals surface area contributed by atoms with Gasteiger partial charge in [0.1, 0.15) is 30.8 Å². The van der Waals surface area contributed by atoms with Crippen molar-refractivity contribution in [2.24, 2.45) is 5.92 Å². The van der Waals surface area contributed by atoms with E-state index < -0.39 is 97.4 Å². The molecule has 2 aromatic rings. The summed E-state index contributed by atoms with van der Waals surface area (Å²) < 4.78 is 18.1. The Balaban J connectivity index is 2.27. The van der Waals surface area contributed by atoms with Gasteiger partial charge in [-0.2, -0.15) is 0 Å². The number of benzene rings is 1. The Hall–Kier alpha value is -5.68. The van der Waals surface area contributed by atoms with E-state index in [2.05, 4.69) is 25.9 Å². The molecule has 7 N–H and O–H groups in total. The minimum Gasteiger partial charge on any atom is -0.481 e. The van der Waals surface area contributed by atoms with E-state index in [1.807, 2.05) is 5.32 Å². The van der Waals surface area contributed by atoms with Crippen LogP contribution in [0.2, 0.25) is 0 Å². The standard InChI is InChI=1S/C31H39FN6O11/c1-17(2)10-22(38-31(48)49-15-18-6-4-3-5-7-18)29(46)35-20(8-9-25(40)41)28(45)37-23(11-19-14-33-16-34-19)30(47)36-21(12-26(42)43)27(44)24(39)13-32/h3-7,14,16-17,20-23H,8-13,15H2,1-2H3,(H,33,34)(H,35,46)(H,36,47)(H,37,45)(H,38,48)(H,40,41)(H,42,43)/t20-,21-,22-,23-/m0/s1. The van der Waals surface area contributed by atoms with Gasteiger partial charge in [0.2, 0.25) is 29.3 Å². The zero-order valence-electron chi connectivity index (χ0n) is 26.8. The number of carbonyl (C=O) groups is 8. The van der Waals surface area contributed by atoms with Crippen molar-refractivity contribution in [2.45, 2.75) is 76.7 Å². The van der Waals surface area contributed by atoms with E-state index in [4.69, 9.17) is 4.74 Å². The van der Waals surface area contributed by atoms with Crippen LogP contribution in [0.4, 0.5) is 9.18 Å². The van der Waals surface area contributed by atoms with Gasteiger partial charge >= 0.3 is 18.0 Å². The molecule has 0 spiro atoms. The monoisotopic (exact) mass is 690 g/mol. The first-order valence-electron chi connectivity index (χ1n) is 15.1. The predicted octanol–water partition coefficient (Wildman–Crippen LogP) is 0.195. The fourth-order valence-electron chi connectivity index (χ4n) is 4.43. The Morgan fingerprint density at radius 2 is 1.45 bits per heavy atom. The summed E-state index contributed by atoms with van der Waals surface area (Å²) in [5, 5.41) is 27.7. The van der Waals surface area contributed by atoms with Crippen LogP contribution in [0.3, 0.4) is 0 Å². The molecule has 49 heavy (non-hydrogen) atoms. The number of carbonyl (C=O) groups excluding carboxylic acids is 6. The highest BCUT2D eigenvalue weighted by Gasteiger charge is 2.34. The van der Waals surface area contributed by atoms with Crippen LogP contribution in [0, 0.1) is 5.92 Å². The van der Waals surface area contributed by atoms with Crippen molar-refractivity contribution in [3.8, 4) is 0 Å². The fourth-order valence-corrected chi connectivity index (χ4v) is 4.43. The number of nitrogens with one attached hydrogen (secondary N) is 5. The van der Waals surface area contributed by atoms with Crippen LogP contribution < -0.4 is 21.3 Å². The lowest BCUT2D eigenvalue weighted by Crippen LogP contribution is -2.58. The van der Waals surface area contributed by atoms with Gasteiger partial charge in [-0.3, -0.25) is 33.6 Å². The normalized spacial score (nSPS) is 13.2. The molecule has 2 rings (SSSR count). The van der Waals surface area contributed by atoms with Gasteiger partial charge in [-0.1, -0.05) is 44.2 Å². The number of alkyl halides is 1. The number of aromatic nitrogens is 2. The number of aromatic amines is 1. The summed E-state index contributed by atoms with van der Waals surface area (Å²) in [5.74, 6) is -9.21. The van der Waals surface area contributed by atoms with E-state index in [9.17, 15) is 53.0 Å². The highest BCUT2D eigenvalue weighted by atomic mass is 19.1. The van der Waals surface area contributed by atoms with E-state index in [-0.39, 0.29) is 31.1 Å². The van der Waals surface area contributed by atoms with E-state index >= 15 is 0 Å². The van der Waals surface area contributed by atoms with Gasteiger partial charge in [0, 0.05) is 19.0 Å². The van der Waals surface area contributed by atoms with Gasteiger partial charge in [-0.05, 0) is 24.3 Å². The number of ether oxygens (including phenoxy) is 1. The van der Waals surface area contributed by atoms with Crippen LogP contribution in [0.1, 0.15) is 50.8 Å². The van der Waals surface area contributed by atoms with Crippen molar-refractivity contribution < 1.29 is 57.7 Å². The van der Waals surface area contributed by atoms with Crippen molar-refractivity contribution in [2.75, 3.05) is 6.67 Å². The Labute approximate surface area is 279 Å². The molecular weight excluding hydrogens is 651 g/mol. The van der Waals surface area contributed by atoms with Crippen LogP contribution in [0.15, 0.2) is 42.9 Å². The molecule has 0 fully saturated rings. The van der Waals surface area contributed by atoms with Gasteiger partial charge in [0.25, 0.3) is 0 Å². The molecule has 0 saturated heterocycles. The summed E-state index contributed by atoms with van der Waals surface area (Å²) in [6.07, 6.45) is -0.694. The predicted molar refractivity (Wildman–Crippen MR) is 166 cm³/mol. The number of Topliss-reactive ketones (excluding diaryl/α,β-unsaturated/α-hetero) is 2. The molecule has 266 valence electrons. The first-order chi connectivity index (χ1) is 23.2. The first-order valence-corrected chi connectivity index (χ1v) is 15.1. The Kier molecular flexibility index (Phi) is 16.0. The van der Waals surface area contributed by atoms with Gasteiger partial charge in [0.15, 0.2) is 6.67 Å². The van der Waals surface area contributed by atoms with Crippen molar-refractivity contribution in [1.82, 2.24) is 31.2 Å². The van der Waals surface area contributed by atoms with Gasteiger partial charge in [-0.25, -0.2) is 14.2 Å². The molecule has 0 saturated carbocycles. The van der Waals surface area contributed by atoms with Gasteiger partial charge in [-0.15, -0.1) is 0 Å². The second-order valence-corrected chi connectivity index (χ2v) is 11.3. The van der Waals surface area contributed by atoms with E-state index in [1.165, 1.54) is 12.5 Å². The average molecular weight is 691 g/mol. The third-order valence-corrected chi connectivity index (χ3v) is 6.82. The van der Waals surface area contributed by atoms with Crippen molar-refractivity contribution in [3.63, 3.8) is 0 Å². The molecule has 0 bridgehead atoms. The fraction of sp³-hybridized carbons (Fsp3) is 0.452. The topological polar surface area (TPSA) is 263 Å². The van der Waals surface area contributed by atoms with Crippen LogP contribution in [-0.2, 0) is 51.3 Å². The molecule has 0 unspecified atom stereocenters. The Morgan fingerprint density at radius 1 is 0.837 bits per heavy atom. The van der Waals surface area contributed by atoms with E-state index in [0.717, 1.165) is 0 Å². The number of carboxylic acids is 2. The number of carboxylic acid groups (broad SMARTS) is 2. The molecule has 0 aliphatic rings. The number of aliphatic carboxylic acids is 2. The second kappa shape index (κ2) is 19.9. The van der Waals surface area contributed by atoms with Crippen molar-refractivity contribution in [1.29, 1.82) is 0 Å². The maximum atomic E-state index is 13.5. The summed E-state index contributed by atoms with van der Waals surface area (Å²) in [6.45, 7) is 1.72. The number of ketones is 2. The lowest BCUT2D eigenvalue weighted by molar-refractivity contribution is -0.144. The first kappa shape index (κ1) is 39.5. The minimum atomic E-state index is -1.97. The molecule has 17 nitrogen and oxygen atoms in total. The number of alkyl carbamates (subject to hydrolysis) is 1. The summed E-state index contributed by atoms with van der Waals surface area (Å²) >= 11 is 0. The second-order valence-electron chi connectivity index (χ2n) is 11.3. The SMILES string of the molecule is CC(C)C[C@H](NC(=O)OCc1ccccc1)C(=O)N[C@@H](CCC(=O)O)C(=O)N[C@@H](Cc1c[nH]cn1)C(=O)N[C@@H](CC(=O)O)C(=O)C(=O)CF. The third kappa shape index (κ3) is 14.3. The highest BCUT2D eigenvalue weighted by Crippen LogP contribution is 2.10. The minimum absolute atomic E-state index is 0.0906. The maximum Gasteiger partial charge on any atom is 0.408 e. The molecule has 0 aliphatic heterocycles.